The number of halogens is 1. The molecule has 2 fully saturated rings. The second-order valence-electron chi connectivity index (χ2n) is 8.02. The first-order chi connectivity index (χ1) is 14.5. The molecule has 1 saturated heterocycles. The number of rotatable bonds is 6. The Morgan fingerprint density at radius 1 is 1.13 bits per heavy atom. The second-order valence-corrected chi connectivity index (χ2v) is 8.43. The van der Waals surface area contributed by atoms with Gasteiger partial charge in [-0.25, -0.2) is 4.79 Å². The Hall–Kier alpha value is -2.57. The highest BCUT2D eigenvalue weighted by molar-refractivity contribution is 6.34. The van der Waals surface area contributed by atoms with Crippen LogP contribution in [-0.2, 0) is 0 Å². The van der Waals surface area contributed by atoms with Crippen molar-refractivity contribution in [2.45, 2.75) is 50.3 Å². The molecule has 6 nitrogen and oxygen atoms in total. The van der Waals surface area contributed by atoms with Gasteiger partial charge in [-0.1, -0.05) is 41.9 Å². The van der Waals surface area contributed by atoms with Crippen molar-refractivity contribution < 1.29 is 14.7 Å². The number of amides is 3. The highest BCUT2D eigenvalue weighted by atomic mass is 35.5. The lowest BCUT2D eigenvalue weighted by Gasteiger charge is -2.27. The molecule has 1 heterocycles. The molecule has 30 heavy (non-hydrogen) atoms. The highest BCUT2D eigenvalue weighted by Gasteiger charge is 2.31. The molecule has 7 heteroatoms. The Morgan fingerprint density at radius 2 is 1.90 bits per heavy atom. The number of likely N-dealkylation sites (tertiary alicyclic amines) is 1. The van der Waals surface area contributed by atoms with Crippen LogP contribution in [0.5, 0.6) is 0 Å². The summed E-state index contributed by atoms with van der Waals surface area (Å²) in [5, 5.41) is 16.7. The molecule has 0 aromatic heterocycles. The first kappa shape index (κ1) is 20.7. The van der Waals surface area contributed by atoms with Crippen molar-refractivity contribution in [3.05, 3.63) is 64.7 Å². The van der Waals surface area contributed by atoms with Gasteiger partial charge >= 0.3 is 6.03 Å². The van der Waals surface area contributed by atoms with E-state index >= 15 is 0 Å². The SMILES string of the molecule is O=C(NC1CC1)c1cc(NC(=O)N2CCC[C@H]2C[C@@H](O)c2ccccc2)ccc1Cl. The van der Waals surface area contributed by atoms with Crippen LogP contribution in [0.15, 0.2) is 48.5 Å². The second kappa shape index (κ2) is 9.06. The minimum atomic E-state index is -0.613. The Kier molecular flexibility index (Phi) is 6.25. The maximum Gasteiger partial charge on any atom is 0.322 e. The number of hydrogen-bond acceptors (Lipinski definition) is 3. The van der Waals surface area contributed by atoms with Gasteiger partial charge in [0, 0.05) is 24.3 Å². The quantitative estimate of drug-likeness (QED) is 0.640. The average molecular weight is 428 g/mol. The van der Waals surface area contributed by atoms with Crippen molar-refractivity contribution in [3.8, 4) is 0 Å². The van der Waals surface area contributed by atoms with Gasteiger partial charge in [-0.05, 0) is 55.9 Å². The van der Waals surface area contributed by atoms with Crippen LogP contribution in [0.4, 0.5) is 10.5 Å². The molecule has 2 aliphatic rings. The van der Waals surface area contributed by atoms with Gasteiger partial charge in [0.15, 0.2) is 0 Å². The van der Waals surface area contributed by atoms with Crippen molar-refractivity contribution in [2.24, 2.45) is 0 Å². The molecule has 3 N–H and O–H groups in total. The van der Waals surface area contributed by atoms with E-state index in [2.05, 4.69) is 10.6 Å². The zero-order chi connectivity index (χ0) is 21.1. The van der Waals surface area contributed by atoms with Gasteiger partial charge in [0.2, 0.25) is 0 Å². The number of carbonyl (C=O) groups excluding carboxylic acids is 2. The van der Waals surface area contributed by atoms with Crippen LogP contribution in [0.25, 0.3) is 0 Å². The number of aliphatic hydroxyl groups excluding tert-OH is 1. The first-order valence-corrected chi connectivity index (χ1v) is 10.8. The number of carbonyl (C=O) groups is 2. The molecule has 0 bridgehead atoms. The summed E-state index contributed by atoms with van der Waals surface area (Å²) in [6.07, 6.45) is 3.61. The molecule has 158 valence electrons. The molecule has 4 rings (SSSR count). The Balaban J connectivity index is 1.40. The number of nitrogens with zero attached hydrogens (tertiary/aromatic N) is 1. The minimum absolute atomic E-state index is 0.0369. The number of hydrogen-bond donors (Lipinski definition) is 3. The molecule has 0 radical (unpaired) electrons. The van der Waals surface area contributed by atoms with Gasteiger partial charge in [0.25, 0.3) is 5.91 Å². The molecule has 2 aromatic carbocycles. The largest absolute Gasteiger partial charge is 0.388 e. The topological polar surface area (TPSA) is 81.7 Å². The average Bonchev–Trinajstić information content (AvgIpc) is 3.44. The van der Waals surface area contributed by atoms with E-state index in [1.54, 1.807) is 23.1 Å². The third-order valence-electron chi connectivity index (χ3n) is 5.69. The zero-order valence-electron chi connectivity index (χ0n) is 16.7. The van der Waals surface area contributed by atoms with E-state index in [1.807, 2.05) is 30.3 Å². The maximum absolute atomic E-state index is 12.9. The van der Waals surface area contributed by atoms with Crippen molar-refractivity contribution in [1.82, 2.24) is 10.2 Å². The normalized spacial score (nSPS) is 19.4. The van der Waals surface area contributed by atoms with Gasteiger partial charge in [0.05, 0.1) is 16.7 Å². The summed E-state index contributed by atoms with van der Waals surface area (Å²) in [7, 11) is 0. The fourth-order valence-electron chi connectivity index (χ4n) is 3.88. The van der Waals surface area contributed by atoms with Crippen molar-refractivity contribution >= 4 is 29.2 Å². The molecular weight excluding hydrogens is 402 g/mol. The van der Waals surface area contributed by atoms with E-state index in [1.165, 1.54) is 0 Å². The third kappa shape index (κ3) is 4.94. The summed E-state index contributed by atoms with van der Waals surface area (Å²) in [5.41, 5.74) is 1.74. The molecule has 0 spiro atoms. The van der Waals surface area contributed by atoms with E-state index in [-0.39, 0.29) is 24.0 Å². The van der Waals surface area contributed by atoms with Crippen molar-refractivity contribution in [3.63, 3.8) is 0 Å². The molecule has 3 amide bonds. The van der Waals surface area contributed by atoms with E-state index in [0.29, 0.717) is 29.2 Å². The summed E-state index contributed by atoms with van der Waals surface area (Å²) in [6.45, 7) is 0.640. The summed E-state index contributed by atoms with van der Waals surface area (Å²) in [5.74, 6) is -0.219. The van der Waals surface area contributed by atoms with E-state index in [0.717, 1.165) is 31.2 Å². The standard InChI is InChI=1S/C23H26ClN3O3/c24-20-11-10-17(13-19(20)22(29)25-16-8-9-16)26-23(30)27-12-4-7-18(27)14-21(28)15-5-2-1-3-6-15/h1-3,5-6,10-11,13,16,18,21,28H,4,7-9,12,14H2,(H,25,29)(H,26,30)/t18-,21+/m0/s1. The lowest BCUT2D eigenvalue weighted by molar-refractivity contribution is 0.0951. The van der Waals surface area contributed by atoms with Crippen LogP contribution < -0.4 is 10.6 Å². The lowest BCUT2D eigenvalue weighted by atomic mass is 10.0. The minimum Gasteiger partial charge on any atom is -0.388 e. The fourth-order valence-corrected chi connectivity index (χ4v) is 4.08. The predicted octanol–water partition coefficient (Wildman–Crippen LogP) is 4.35. The van der Waals surface area contributed by atoms with Gasteiger partial charge in [-0.15, -0.1) is 0 Å². The smallest absolute Gasteiger partial charge is 0.322 e. The van der Waals surface area contributed by atoms with Gasteiger partial charge in [-0.3, -0.25) is 4.79 Å². The maximum atomic E-state index is 12.9. The van der Waals surface area contributed by atoms with Crippen LogP contribution in [0.2, 0.25) is 5.02 Å². The Morgan fingerprint density at radius 3 is 2.63 bits per heavy atom. The molecule has 2 atom stereocenters. The zero-order valence-corrected chi connectivity index (χ0v) is 17.4. The van der Waals surface area contributed by atoms with Crippen LogP contribution in [0.1, 0.15) is 54.1 Å². The Labute approximate surface area is 181 Å². The molecule has 1 aliphatic carbocycles. The third-order valence-corrected chi connectivity index (χ3v) is 6.02. The monoisotopic (exact) mass is 427 g/mol. The van der Waals surface area contributed by atoms with Gasteiger partial charge < -0.3 is 20.6 Å². The molecular formula is C23H26ClN3O3. The van der Waals surface area contributed by atoms with Crippen LogP contribution in [0, 0.1) is 0 Å². The number of nitrogens with one attached hydrogen (secondary N) is 2. The van der Waals surface area contributed by atoms with Crippen LogP contribution >= 0.6 is 11.6 Å². The Bertz CT molecular complexity index is 917. The summed E-state index contributed by atoms with van der Waals surface area (Å²) in [4.78, 5) is 27.0. The van der Waals surface area contributed by atoms with E-state index in [4.69, 9.17) is 11.6 Å². The molecule has 2 aromatic rings. The van der Waals surface area contributed by atoms with Crippen molar-refractivity contribution in [1.29, 1.82) is 0 Å². The summed E-state index contributed by atoms with van der Waals surface area (Å²) < 4.78 is 0. The fraction of sp³-hybridized carbons (Fsp3) is 0.391. The number of urea groups is 1. The van der Waals surface area contributed by atoms with Gasteiger partial charge in [-0.2, -0.15) is 0 Å². The lowest BCUT2D eigenvalue weighted by Crippen LogP contribution is -2.39. The number of aliphatic hydroxyl groups is 1. The first-order valence-electron chi connectivity index (χ1n) is 10.4. The van der Waals surface area contributed by atoms with E-state index in [9.17, 15) is 14.7 Å². The molecule has 1 saturated carbocycles. The van der Waals surface area contributed by atoms with Gasteiger partial charge in [0.1, 0.15) is 0 Å². The van der Waals surface area contributed by atoms with Crippen LogP contribution in [-0.4, -0.2) is 40.6 Å². The number of benzene rings is 2. The van der Waals surface area contributed by atoms with Crippen LogP contribution in [0.3, 0.4) is 0 Å². The summed E-state index contributed by atoms with van der Waals surface area (Å²) >= 11 is 6.19. The molecule has 0 unspecified atom stereocenters. The summed E-state index contributed by atoms with van der Waals surface area (Å²) in [6, 6.07) is 14.4. The number of anilines is 1. The predicted molar refractivity (Wildman–Crippen MR) is 117 cm³/mol. The molecule has 1 aliphatic heterocycles. The van der Waals surface area contributed by atoms with E-state index < -0.39 is 6.10 Å². The highest BCUT2D eigenvalue weighted by Crippen LogP contribution is 2.29. The van der Waals surface area contributed by atoms with Crippen molar-refractivity contribution in [2.75, 3.05) is 11.9 Å².